The molecule has 18 heavy (non-hydrogen) atoms. The molecule has 0 bridgehead atoms. The molecule has 1 aromatic rings. The first-order valence-corrected chi connectivity index (χ1v) is 6.70. The number of benzene rings is 1. The van der Waals surface area contributed by atoms with Crippen LogP contribution in [0.3, 0.4) is 0 Å². The molecule has 0 unspecified atom stereocenters. The minimum absolute atomic E-state index is 0.0452. The zero-order valence-electron chi connectivity index (χ0n) is 11.2. The molecule has 0 fully saturated rings. The molecule has 1 aliphatic heterocycles. The maximum atomic E-state index is 12.3. The first-order valence-electron chi connectivity index (χ1n) is 6.70. The Hall–Kier alpha value is -1.35. The van der Waals surface area contributed by atoms with E-state index < -0.39 is 0 Å². The first kappa shape index (κ1) is 13.1. The molecule has 98 valence electrons. The molecule has 1 heterocycles. The summed E-state index contributed by atoms with van der Waals surface area (Å²) in [5, 5.41) is 3.33. The van der Waals surface area contributed by atoms with Crippen molar-refractivity contribution < 1.29 is 9.53 Å². The molecular weight excluding hydrogens is 226 g/mol. The highest BCUT2D eigenvalue weighted by Gasteiger charge is 2.28. The van der Waals surface area contributed by atoms with E-state index in [0.717, 1.165) is 29.8 Å². The third-order valence-corrected chi connectivity index (χ3v) is 3.31. The quantitative estimate of drug-likeness (QED) is 0.813. The fourth-order valence-corrected chi connectivity index (χ4v) is 2.18. The Morgan fingerprint density at radius 3 is 3.06 bits per heavy atom. The molecule has 3 nitrogen and oxygen atoms in total. The van der Waals surface area contributed by atoms with Crippen LogP contribution >= 0.6 is 0 Å². The number of Topliss-reactive ketones (excluding diaryl/α,β-unsaturated/α-hetero) is 1. The number of hydrogen-bond donors (Lipinski definition) is 1. The minimum atomic E-state index is -0.0452. The lowest BCUT2D eigenvalue weighted by Crippen LogP contribution is -2.36. The van der Waals surface area contributed by atoms with Gasteiger partial charge in [-0.1, -0.05) is 25.0 Å². The number of rotatable bonds is 5. The SMILES string of the molecule is CCCCNC[C@H]1COc2ccc(C)cc2C1=O. The van der Waals surface area contributed by atoms with Gasteiger partial charge in [0.1, 0.15) is 5.75 Å². The minimum Gasteiger partial charge on any atom is -0.492 e. The van der Waals surface area contributed by atoms with Gasteiger partial charge in [0.05, 0.1) is 18.1 Å². The second-order valence-corrected chi connectivity index (χ2v) is 4.93. The number of ketones is 1. The summed E-state index contributed by atoms with van der Waals surface area (Å²) in [5.74, 6) is 0.899. The first-order chi connectivity index (χ1) is 8.72. The molecule has 2 rings (SSSR count). The van der Waals surface area contributed by atoms with E-state index in [2.05, 4.69) is 12.2 Å². The van der Waals surface area contributed by atoms with E-state index in [4.69, 9.17) is 4.74 Å². The number of aryl methyl sites for hydroxylation is 1. The predicted molar refractivity (Wildman–Crippen MR) is 72.3 cm³/mol. The van der Waals surface area contributed by atoms with Gasteiger partial charge in [-0.2, -0.15) is 0 Å². The van der Waals surface area contributed by atoms with Crippen LogP contribution in [0.5, 0.6) is 5.75 Å². The lowest BCUT2D eigenvalue weighted by molar-refractivity contribution is 0.0830. The van der Waals surface area contributed by atoms with E-state index in [-0.39, 0.29) is 11.7 Å². The standard InChI is InChI=1S/C15H21NO2/c1-3-4-7-16-9-12-10-18-14-6-5-11(2)8-13(14)15(12)17/h5-6,8,12,16H,3-4,7,9-10H2,1-2H3/t12-/m0/s1. The topological polar surface area (TPSA) is 38.3 Å². The molecule has 3 heteroatoms. The number of nitrogens with one attached hydrogen (secondary N) is 1. The molecule has 0 aromatic heterocycles. The Bertz CT molecular complexity index is 429. The lowest BCUT2D eigenvalue weighted by Gasteiger charge is -2.24. The van der Waals surface area contributed by atoms with Crippen molar-refractivity contribution in [1.82, 2.24) is 5.32 Å². The summed E-state index contributed by atoms with van der Waals surface area (Å²) in [7, 11) is 0. The van der Waals surface area contributed by atoms with E-state index in [1.165, 1.54) is 6.42 Å². The number of hydrogen-bond acceptors (Lipinski definition) is 3. The van der Waals surface area contributed by atoms with E-state index in [9.17, 15) is 4.79 Å². The summed E-state index contributed by atoms with van der Waals surface area (Å²) in [6, 6.07) is 5.80. The van der Waals surface area contributed by atoms with Crippen molar-refractivity contribution in [3.8, 4) is 5.75 Å². The van der Waals surface area contributed by atoms with Crippen LogP contribution in [0.15, 0.2) is 18.2 Å². The molecule has 1 aromatic carbocycles. The summed E-state index contributed by atoms with van der Waals surface area (Å²) in [6.45, 7) is 6.34. The average molecular weight is 247 g/mol. The number of carbonyl (C=O) groups excluding carboxylic acids is 1. The highest BCUT2D eigenvalue weighted by molar-refractivity contribution is 6.01. The molecule has 1 N–H and O–H groups in total. The Kier molecular flexibility index (Phi) is 4.37. The van der Waals surface area contributed by atoms with Crippen molar-refractivity contribution in [3.05, 3.63) is 29.3 Å². The lowest BCUT2D eigenvalue weighted by atomic mass is 9.94. The van der Waals surface area contributed by atoms with Crippen LogP contribution in [-0.2, 0) is 0 Å². The Morgan fingerprint density at radius 2 is 2.28 bits per heavy atom. The maximum absolute atomic E-state index is 12.3. The van der Waals surface area contributed by atoms with Crippen LogP contribution in [0.2, 0.25) is 0 Å². The number of unbranched alkanes of at least 4 members (excludes halogenated alkanes) is 1. The molecule has 1 atom stereocenters. The molecule has 0 radical (unpaired) electrons. The average Bonchev–Trinajstić information content (AvgIpc) is 2.38. The highest BCUT2D eigenvalue weighted by atomic mass is 16.5. The van der Waals surface area contributed by atoms with Gasteiger partial charge in [-0.15, -0.1) is 0 Å². The molecule has 1 aliphatic rings. The van der Waals surface area contributed by atoms with E-state index in [1.807, 2.05) is 25.1 Å². The second kappa shape index (κ2) is 6.01. The van der Waals surface area contributed by atoms with Crippen LogP contribution in [-0.4, -0.2) is 25.5 Å². The van der Waals surface area contributed by atoms with Gasteiger partial charge in [0.25, 0.3) is 0 Å². The maximum Gasteiger partial charge on any atom is 0.174 e. The fraction of sp³-hybridized carbons (Fsp3) is 0.533. The van der Waals surface area contributed by atoms with Gasteiger partial charge in [-0.3, -0.25) is 4.79 Å². The molecule has 0 spiro atoms. The van der Waals surface area contributed by atoms with Gasteiger partial charge < -0.3 is 10.1 Å². The Labute approximate surface area is 109 Å². The molecule has 0 aliphatic carbocycles. The van der Waals surface area contributed by atoms with E-state index in [0.29, 0.717) is 13.2 Å². The van der Waals surface area contributed by atoms with Gasteiger partial charge in [0.2, 0.25) is 0 Å². The Morgan fingerprint density at radius 1 is 1.44 bits per heavy atom. The van der Waals surface area contributed by atoms with Crippen molar-refractivity contribution in [2.75, 3.05) is 19.7 Å². The summed E-state index contributed by atoms with van der Waals surface area (Å²) in [5.41, 5.74) is 1.84. The van der Waals surface area contributed by atoms with Gasteiger partial charge in [0, 0.05) is 6.54 Å². The highest BCUT2D eigenvalue weighted by Crippen LogP contribution is 2.27. The molecule has 0 amide bonds. The number of carbonyl (C=O) groups is 1. The largest absolute Gasteiger partial charge is 0.492 e. The summed E-state index contributed by atoms with van der Waals surface area (Å²) >= 11 is 0. The molecule has 0 saturated carbocycles. The van der Waals surface area contributed by atoms with Crippen molar-refractivity contribution in [2.45, 2.75) is 26.7 Å². The normalized spacial score (nSPS) is 18.3. The van der Waals surface area contributed by atoms with Gasteiger partial charge >= 0.3 is 0 Å². The van der Waals surface area contributed by atoms with Crippen molar-refractivity contribution >= 4 is 5.78 Å². The van der Waals surface area contributed by atoms with Crippen molar-refractivity contribution in [2.24, 2.45) is 5.92 Å². The number of ether oxygens (including phenoxy) is 1. The van der Waals surface area contributed by atoms with E-state index >= 15 is 0 Å². The third-order valence-electron chi connectivity index (χ3n) is 3.31. The van der Waals surface area contributed by atoms with Crippen LogP contribution in [0, 0.1) is 12.8 Å². The van der Waals surface area contributed by atoms with Crippen molar-refractivity contribution in [1.29, 1.82) is 0 Å². The van der Waals surface area contributed by atoms with E-state index in [1.54, 1.807) is 0 Å². The van der Waals surface area contributed by atoms with Gasteiger partial charge in [0.15, 0.2) is 5.78 Å². The zero-order chi connectivity index (χ0) is 13.0. The third kappa shape index (κ3) is 2.91. The van der Waals surface area contributed by atoms with Crippen LogP contribution < -0.4 is 10.1 Å². The van der Waals surface area contributed by atoms with Crippen LogP contribution in [0.25, 0.3) is 0 Å². The zero-order valence-corrected chi connectivity index (χ0v) is 11.2. The smallest absolute Gasteiger partial charge is 0.174 e. The summed E-state index contributed by atoms with van der Waals surface area (Å²) in [4.78, 5) is 12.3. The van der Waals surface area contributed by atoms with Gasteiger partial charge in [-0.05, 0) is 32.0 Å². The second-order valence-electron chi connectivity index (χ2n) is 4.93. The predicted octanol–water partition coefficient (Wildman–Crippen LogP) is 2.58. The molecule has 0 saturated heterocycles. The molecular formula is C15H21NO2. The summed E-state index contributed by atoms with van der Waals surface area (Å²) < 4.78 is 5.66. The van der Waals surface area contributed by atoms with Gasteiger partial charge in [-0.25, -0.2) is 0 Å². The Balaban J connectivity index is 1.99. The summed E-state index contributed by atoms with van der Waals surface area (Å²) in [6.07, 6.45) is 2.32. The number of fused-ring (bicyclic) bond motifs is 1. The monoisotopic (exact) mass is 247 g/mol. The van der Waals surface area contributed by atoms with Crippen LogP contribution in [0.1, 0.15) is 35.7 Å². The van der Waals surface area contributed by atoms with Crippen LogP contribution in [0.4, 0.5) is 0 Å². The van der Waals surface area contributed by atoms with Crippen molar-refractivity contribution in [3.63, 3.8) is 0 Å². The fourth-order valence-electron chi connectivity index (χ4n) is 2.18.